The number of ether oxygens (including phenoxy) is 1. The van der Waals surface area contributed by atoms with Gasteiger partial charge in [-0.05, 0) is 20.4 Å². The number of hydrogen-bond donors (Lipinski definition) is 0. The van der Waals surface area contributed by atoms with Gasteiger partial charge in [-0.3, -0.25) is 4.90 Å². The average molecular weight is 173 g/mol. The molecule has 0 N–H and O–H groups in total. The molecule has 74 valence electrons. The minimum Gasteiger partial charge on any atom is -0.373 e. The highest BCUT2D eigenvalue weighted by atomic mass is 16.5. The third kappa shape index (κ3) is 4.07. The molecule has 0 atom stereocenters. The van der Waals surface area contributed by atoms with Crippen LogP contribution < -0.4 is 0 Å². The van der Waals surface area contributed by atoms with Gasteiger partial charge in [0.1, 0.15) is 0 Å². The van der Waals surface area contributed by atoms with Gasteiger partial charge < -0.3 is 4.74 Å². The number of hydrogen-bond acceptors (Lipinski definition) is 2. The van der Waals surface area contributed by atoms with E-state index < -0.39 is 0 Å². The Morgan fingerprint density at radius 1 is 1.33 bits per heavy atom. The van der Waals surface area contributed by atoms with Crippen molar-refractivity contribution in [3.63, 3.8) is 0 Å². The molecule has 12 heavy (non-hydrogen) atoms. The molecule has 0 aromatic heterocycles. The van der Waals surface area contributed by atoms with Crippen LogP contribution in [0.1, 0.15) is 34.6 Å². The Morgan fingerprint density at radius 2 is 1.92 bits per heavy atom. The lowest BCUT2D eigenvalue weighted by Gasteiger charge is -2.37. The Kier molecular flexibility index (Phi) is 5.51. The van der Waals surface area contributed by atoms with Crippen molar-refractivity contribution in [1.29, 1.82) is 0 Å². The average Bonchev–Trinajstić information content (AvgIpc) is 2.06. The molecule has 1 aliphatic rings. The number of nitrogens with zero attached hydrogens (tertiary/aromatic N) is 1. The minimum atomic E-state index is 0.0776. The SMILES string of the molecule is CC.CCN1CCOC(C)(C)C1. The molecule has 1 saturated heterocycles. The molecule has 0 unspecified atom stereocenters. The van der Waals surface area contributed by atoms with Gasteiger partial charge in [0.2, 0.25) is 0 Å². The van der Waals surface area contributed by atoms with Gasteiger partial charge in [-0.1, -0.05) is 20.8 Å². The van der Waals surface area contributed by atoms with E-state index in [1.54, 1.807) is 0 Å². The van der Waals surface area contributed by atoms with Crippen LogP contribution in [0.5, 0.6) is 0 Å². The molecule has 1 fully saturated rings. The van der Waals surface area contributed by atoms with Crippen LogP contribution >= 0.6 is 0 Å². The van der Waals surface area contributed by atoms with E-state index in [0.717, 1.165) is 26.2 Å². The van der Waals surface area contributed by atoms with E-state index in [1.165, 1.54) is 0 Å². The summed E-state index contributed by atoms with van der Waals surface area (Å²) in [6.45, 7) is 14.7. The van der Waals surface area contributed by atoms with Crippen molar-refractivity contribution in [3.8, 4) is 0 Å². The molecule has 0 saturated carbocycles. The van der Waals surface area contributed by atoms with Gasteiger partial charge in [0, 0.05) is 13.1 Å². The second-order valence-electron chi connectivity index (χ2n) is 3.48. The van der Waals surface area contributed by atoms with E-state index in [-0.39, 0.29) is 5.60 Å². The monoisotopic (exact) mass is 173 g/mol. The predicted octanol–water partition coefficient (Wildman–Crippen LogP) is 2.14. The molecule has 0 aromatic carbocycles. The fraction of sp³-hybridized carbons (Fsp3) is 1.00. The van der Waals surface area contributed by atoms with Gasteiger partial charge in [-0.15, -0.1) is 0 Å². The van der Waals surface area contributed by atoms with E-state index >= 15 is 0 Å². The lowest BCUT2D eigenvalue weighted by Crippen LogP contribution is -2.47. The molecule has 0 bridgehead atoms. The van der Waals surface area contributed by atoms with Crippen LogP contribution in [0.3, 0.4) is 0 Å². The second-order valence-corrected chi connectivity index (χ2v) is 3.48. The molecular weight excluding hydrogens is 150 g/mol. The Morgan fingerprint density at radius 3 is 2.25 bits per heavy atom. The lowest BCUT2D eigenvalue weighted by atomic mass is 10.1. The Hall–Kier alpha value is -0.0800. The van der Waals surface area contributed by atoms with E-state index in [1.807, 2.05) is 13.8 Å². The summed E-state index contributed by atoms with van der Waals surface area (Å²) >= 11 is 0. The second kappa shape index (κ2) is 5.55. The van der Waals surface area contributed by atoms with Gasteiger partial charge in [0.05, 0.1) is 12.2 Å². The van der Waals surface area contributed by atoms with Crippen LogP contribution in [0.15, 0.2) is 0 Å². The summed E-state index contributed by atoms with van der Waals surface area (Å²) < 4.78 is 5.56. The number of morpholine rings is 1. The fourth-order valence-corrected chi connectivity index (χ4v) is 1.38. The molecule has 0 amide bonds. The molecule has 0 aliphatic carbocycles. The van der Waals surface area contributed by atoms with Crippen molar-refractivity contribution >= 4 is 0 Å². The van der Waals surface area contributed by atoms with Crippen molar-refractivity contribution in [2.24, 2.45) is 0 Å². The van der Waals surface area contributed by atoms with E-state index in [2.05, 4.69) is 25.7 Å². The van der Waals surface area contributed by atoms with Crippen molar-refractivity contribution in [2.75, 3.05) is 26.2 Å². The Bertz CT molecular complexity index is 112. The molecule has 0 radical (unpaired) electrons. The molecule has 1 aliphatic heterocycles. The van der Waals surface area contributed by atoms with Gasteiger partial charge in [-0.2, -0.15) is 0 Å². The van der Waals surface area contributed by atoms with Crippen LogP contribution in [0.25, 0.3) is 0 Å². The molecule has 2 nitrogen and oxygen atoms in total. The third-order valence-corrected chi connectivity index (χ3v) is 1.95. The van der Waals surface area contributed by atoms with Crippen LogP contribution in [-0.4, -0.2) is 36.7 Å². The van der Waals surface area contributed by atoms with Gasteiger partial charge in [0.15, 0.2) is 0 Å². The van der Waals surface area contributed by atoms with Crippen molar-refractivity contribution in [1.82, 2.24) is 4.90 Å². The lowest BCUT2D eigenvalue weighted by molar-refractivity contribution is -0.0845. The van der Waals surface area contributed by atoms with Gasteiger partial charge >= 0.3 is 0 Å². The van der Waals surface area contributed by atoms with E-state index in [9.17, 15) is 0 Å². The predicted molar refractivity (Wildman–Crippen MR) is 53.5 cm³/mol. The zero-order chi connectivity index (χ0) is 9.61. The topological polar surface area (TPSA) is 12.5 Å². The highest BCUT2D eigenvalue weighted by Gasteiger charge is 2.25. The van der Waals surface area contributed by atoms with Crippen LogP contribution in [0, 0.1) is 0 Å². The van der Waals surface area contributed by atoms with Gasteiger partial charge in [0.25, 0.3) is 0 Å². The quantitative estimate of drug-likeness (QED) is 0.602. The summed E-state index contributed by atoms with van der Waals surface area (Å²) in [5, 5.41) is 0. The first-order chi connectivity index (χ1) is 5.64. The molecular formula is C10H23NO. The first-order valence-corrected chi connectivity index (χ1v) is 5.00. The highest BCUT2D eigenvalue weighted by Crippen LogP contribution is 2.15. The molecule has 1 heterocycles. The summed E-state index contributed by atoms with van der Waals surface area (Å²) in [4.78, 5) is 2.42. The Balaban J connectivity index is 0.000000561. The maximum absolute atomic E-state index is 5.56. The summed E-state index contributed by atoms with van der Waals surface area (Å²) in [5.41, 5.74) is 0.0776. The first kappa shape index (κ1) is 11.9. The number of likely N-dealkylation sites (N-methyl/N-ethyl adjacent to an activating group) is 1. The van der Waals surface area contributed by atoms with Crippen molar-refractivity contribution in [3.05, 3.63) is 0 Å². The molecule has 0 spiro atoms. The molecule has 1 rings (SSSR count). The zero-order valence-corrected chi connectivity index (χ0v) is 9.18. The summed E-state index contributed by atoms with van der Waals surface area (Å²) in [7, 11) is 0. The Labute approximate surface area is 76.9 Å². The summed E-state index contributed by atoms with van der Waals surface area (Å²) in [6, 6.07) is 0. The van der Waals surface area contributed by atoms with Crippen LogP contribution in [0.4, 0.5) is 0 Å². The third-order valence-electron chi connectivity index (χ3n) is 1.95. The smallest absolute Gasteiger partial charge is 0.0753 e. The maximum Gasteiger partial charge on any atom is 0.0753 e. The zero-order valence-electron chi connectivity index (χ0n) is 9.18. The van der Waals surface area contributed by atoms with Crippen LogP contribution in [-0.2, 0) is 4.74 Å². The largest absolute Gasteiger partial charge is 0.373 e. The van der Waals surface area contributed by atoms with Crippen molar-refractivity contribution < 1.29 is 4.74 Å². The standard InChI is InChI=1S/C8H17NO.C2H6/c1-4-9-5-6-10-8(2,3)7-9;1-2/h4-7H2,1-3H3;1-2H3. The first-order valence-electron chi connectivity index (χ1n) is 5.00. The minimum absolute atomic E-state index is 0.0776. The van der Waals surface area contributed by atoms with E-state index in [0.29, 0.717) is 0 Å². The normalized spacial score (nSPS) is 22.8. The molecule has 2 heteroatoms. The van der Waals surface area contributed by atoms with Gasteiger partial charge in [-0.25, -0.2) is 0 Å². The number of rotatable bonds is 1. The summed E-state index contributed by atoms with van der Waals surface area (Å²) in [5.74, 6) is 0. The van der Waals surface area contributed by atoms with E-state index in [4.69, 9.17) is 4.74 Å². The summed E-state index contributed by atoms with van der Waals surface area (Å²) in [6.07, 6.45) is 0. The highest BCUT2D eigenvalue weighted by molar-refractivity contribution is 4.77. The fourth-order valence-electron chi connectivity index (χ4n) is 1.38. The molecule has 0 aromatic rings. The van der Waals surface area contributed by atoms with Crippen molar-refractivity contribution in [2.45, 2.75) is 40.2 Å². The van der Waals surface area contributed by atoms with Crippen LogP contribution in [0.2, 0.25) is 0 Å². The maximum atomic E-state index is 5.56.